The number of benzene rings is 1. The zero-order chi connectivity index (χ0) is 21.5. The van der Waals surface area contributed by atoms with E-state index in [1.807, 2.05) is 13.8 Å². The number of carbonyl (C=O) groups excluding carboxylic acids is 3. The van der Waals surface area contributed by atoms with Gasteiger partial charge in [0.2, 0.25) is 10.0 Å². The van der Waals surface area contributed by atoms with Crippen molar-refractivity contribution in [3.63, 3.8) is 0 Å². The van der Waals surface area contributed by atoms with E-state index >= 15 is 0 Å². The lowest BCUT2D eigenvalue weighted by molar-refractivity contribution is -0.130. The largest absolute Gasteiger partial charge is 0.352 e. The van der Waals surface area contributed by atoms with Gasteiger partial charge in [0.05, 0.1) is 11.4 Å². The van der Waals surface area contributed by atoms with Crippen LogP contribution in [0.25, 0.3) is 0 Å². The highest BCUT2D eigenvalue weighted by Gasteiger charge is 2.26. The minimum absolute atomic E-state index is 0.0555. The first-order chi connectivity index (χ1) is 13.0. The molecule has 28 heavy (non-hydrogen) atoms. The van der Waals surface area contributed by atoms with Crippen LogP contribution in [-0.2, 0) is 19.6 Å². The number of nitrogens with one attached hydrogen (secondary N) is 3. The van der Waals surface area contributed by atoms with E-state index in [1.165, 1.54) is 19.2 Å². The Kier molecular flexibility index (Phi) is 8.38. The number of rotatable bonds is 8. The smallest absolute Gasteiger partial charge is 0.312 e. The van der Waals surface area contributed by atoms with Crippen LogP contribution in [0.2, 0.25) is 0 Å². The van der Waals surface area contributed by atoms with Gasteiger partial charge in [0.1, 0.15) is 6.04 Å². The Hall–Kier alpha value is -2.66. The maximum atomic E-state index is 12.5. The molecule has 11 heteroatoms. The Labute approximate surface area is 164 Å². The Morgan fingerprint density at radius 3 is 2.21 bits per heavy atom. The van der Waals surface area contributed by atoms with Crippen molar-refractivity contribution in [3.05, 3.63) is 29.8 Å². The van der Waals surface area contributed by atoms with E-state index in [9.17, 15) is 22.8 Å². The highest BCUT2D eigenvalue weighted by molar-refractivity contribution is 7.89. The Morgan fingerprint density at radius 1 is 1.14 bits per heavy atom. The summed E-state index contributed by atoms with van der Waals surface area (Å²) in [5.41, 5.74) is 10.3. The molecule has 0 heterocycles. The summed E-state index contributed by atoms with van der Waals surface area (Å²) in [6.45, 7) is 4.89. The number of carbonyl (C=O) groups is 3. The number of hydrogen-bond donors (Lipinski definition) is 4. The molecule has 156 valence electrons. The van der Waals surface area contributed by atoms with Gasteiger partial charge in [-0.05, 0) is 25.0 Å². The SMILES string of the molecule is CC[C@@H](C)[C@@H](NC(N)=O)C(=O)NNC(=O)CN(C)S(=O)(=O)c1ccc(C)cc1. The maximum Gasteiger partial charge on any atom is 0.312 e. The van der Waals surface area contributed by atoms with E-state index in [0.717, 1.165) is 9.87 Å². The van der Waals surface area contributed by atoms with E-state index < -0.39 is 40.5 Å². The van der Waals surface area contributed by atoms with Crippen molar-refractivity contribution in [3.8, 4) is 0 Å². The van der Waals surface area contributed by atoms with Crippen LogP contribution in [0.15, 0.2) is 29.2 Å². The van der Waals surface area contributed by atoms with Gasteiger partial charge in [-0.15, -0.1) is 0 Å². The predicted molar refractivity (Wildman–Crippen MR) is 103 cm³/mol. The average Bonchev–Trinajstić information content (AvgIpc) is 2.63. The van der Waals surface area contributed by atoms with E-state index in [1.54, 1.807) is 19.1 Å². The Balaban J connectivity index is 2.68. The molecular weight excluding hydrogens is 386 g/mol. The number of hydrazine groups is 1. The lowest BCUT2D eigenvalue weighted by Crippen LogP contribution is -2.56. The van der Waals surface area contributed by atoms with Crippen LogP contribution in [0.3, 0.4) is 0 Å². The van der Waals surface area contributed by atoms with Crippen molar-refractivity contribution in [2.75, 3.05) is 13.6 Å². The quantitative estimate of drug-likeness (QED) is 0.437. The van der Waals surface area contributed by atoms with Gasteiger partial charge in [-0.1, -0.05) is 38.0 Å². The molecule has 2 atom stereocenters. The van der Waals surface area contributed by atoms with Crippen LogP contribution in [0.4, 0.5) is 4.79 Å². The summed E-state index contributed by atoms with van der Waals surface area (Å²) < 4.78 is 25.8. The second-order valence-corrected chi connectivity index (χ2v) is 8.53. The fourth-order valence-corrected chi connectivity index (χ4v) is 3.41. The van der Waals surface area contributed by atoms with Crippen LogP contribution in [0.5, 0.6) is 0 Å². The number of urea groups is 1. The number of aryl methyl sites for hydroxylation is 1. The third-order valence-corrected chi connectivity index (χ3v) is 6.03. The summed E-state index contributed by atoms with van der Waals surface area (Å²) in [6.07, 6.45) is 0.587. The first kappa shape index (κ1) is 23.4. The molecule has 5 N–H and O–H groups in total. The van der Waals surface area contributed by atoms with Crippen molar-refractivity contribution < 1.29 is 22.8 Å². The Bertz CT molecular complexity index is 810. The van der Waals surface area contributed by atoms with Crippen molar-refractivity contribution in [2.24, 2.45) is 11.7 Å². The number of primary amides is 1. The summed E-state index contributed by atoms with van der Waals surface area (Å²) >= 11 is 0. The summed E-state index contributed by atoms with van der Waals surface area (Å²) in [5, 5.41) is 2.31. The predicted octanol–water partition coefficient (Wildman–Crippen LogP) is -0.154. The average molecular weight is 414 g/mol. The molecule has 10 nitrogen and oxygen atoms in total. The molecular formula is C17H27N5O5S. The molecule has 0 saturated heterocycles. The van der Waals surface area contributed by atoms with Gasteiger partial charge in [-0.25, -0.2) is 13.2 Å². The van der Waals surface area contributed by atoms with E-state index in [-0.39, 0.29) is 10.8 Å². The van der Waals surface area contributed by atoms with Crippen molar-refractivity contribution in [1.29, 1.82) is 0 Å². The highest BCUT2D eigenvalue weighted by Crippen LogP contribution is 2.14. The molecule has 0 spiro atoms. The normalized spacial score (nSPS) is 13.5. The molecule has 0 aliphatic heterocycles. The van der Waals surface area contributed by atoms with Gasteiger partial charge < -0.3 is 11.1 Å². The second kappa shape index (κ2) is 10.0. The van der Waals surface area contributed by atoms with Gasteiger partial charge >= 0.3 is 6.03 Å². The van der Waals surface area contributed by atoms with Crippen LogP contribution in [-0.4, -0.2) is 50.2 Å². The van der Waals surface area contributed by atoms with Crippen molar-refractivity contribution in [2.45, 2.75) is 38.1 Å². The number of sulfonamides is 1. The highest BCUT2D eigenvalue weighted by atomic mass is 32.2. The third-order valence-electron chi connectivity index (χ3n) is 4.21. The third kappa shape index (κ3) is 6.50. The first-order valence-corrected chi connectivity index (χ1v) is 10.1. The molecule has 0 bridgehead atoms. The zero-order valence-corrected chi connectivity index (χ0v) is 17.2. The fourth-order valence-electron chi connectivity index (χ4n) is 2.28. The van der Waals surface area contributed by atoms with Crippen LogP contribution >= 0.6 is 0 Å². The molecule has 0 saturated carbocycles. The molecule has 1 aromatic rings. The summed E-state index contributed by atoms with van der Waals surface area (Å²) in [4.78, 5) is 35.3. The zero-order valence-electron chi connectivity index (χ0n) is 16.4. The Morgan fingerprint density at radius 2 is 1.71 bits per heavy atom. The minimum Gasteiger partial charge on any atom is -0.352 e. The van der Waals surface area contributed by atoms with Gasteiger partial charge in [-0.3, -0.25) is 20.4 Å². The van der Waals surface area contributed by atoms with E-state index in [2.05, 4.69) is 16.2 Å². The van der Waals surface area contributed by atoms with Gasteiger partial charge in [0.15, 0.2) is 0 Å². The number of nitrogens with zero attached hydrogens (tertiary/aromatic N) is 1. The molecule has 0 fully saturated rings. The van der Waals surface area contributed by atoms with E-state index in [4.69, 9.17) is 5.73 Å². The topological polar surface area (TPSA) is 151 Å². The summed E-state index contributed by atoms with van der Waals surface area (Å²) in [7, 11) is -2.60. The van der Waals surface area contributed by atoms with Crippen LogP contribution in [0.1, 0.15) is 25.8 Å². The number of hydrogen-bond acceptors (Lipinski definition) is 5. The number of nitrogens with two attached hydrogens (primary N) is 1. The molecule has 0 radical (unpaired) electrons. The maximum absolute atomic E-state index is 12.5. The molecule has 1 rings (SSSR count). The first-order valence-electron chi connectivity index (χ1n) is 8.66. The van der Waals surface area contributed by atoms with E-state index in [0.29, 0.717) is 6.42 Å². The van der Waals surface area contributed by atoms with Gasteiger partial charge in [-0.2, -0.15) is 4.31 Å². The second-order valence-electron chi connectivity index (χ2n) is 6.48. The van der Waals surface area contributed by atoms with Crippen LogP contribution < -0.4 is 21.9 Å². The summed E-state index contributed by atoms with van der Waals surface area (Å²) in [6, 6.07) is 4.41. The lowest BCUT2D eigenvalue weighted by atomic mass is 9.99. The van der Waals surface area contributed by atoms with Crippen molar-refractivity contribution >= 4 is 27.9 Å². The molecule has 0 aliphatic carbocycles. The molecule has 0 unspecified atom stereocenters. The summed E-state index contributed by atoms with van der Waals surface area (Å²) in [5.74, 6) is -1.63. The van der Waals surface area contributed by atoms with Crippen LogP contribution in [0, 0.1) is 12.8 Å². The van der Waals surface area contributed by atoms with Gasteiger partial charge in [0, 0.05) is 7.05 Å². The molecule has 0 aromatic heterocycles. The van der Waals surface area contributed by atoms with Gasteiger partial charge in [0.25, 0.3) is 11.8 Å². The standard InChI is InChI=1S/C17H27N5O5S/c1-5-12(3)15(19-17(18)25)16(24)21-20-14(23)10-22(4)28(26,27)13-8-6-11(2)7-9-13/h6-9,12,15H,5,10H2,1-4H3,(H,20,23)(H,21,24)(H3,18,19,25)/t12-,15-/m1/s1. The number of likely N-dealkylation sites (N-methyl/N-ethyl adjacent to an activating group) is 1. The molecule has 1 aromatic carbocycles. The minimum atomic E-state index is -3.85. The fraction of sp³-hybridized carbons (Fsp3) is 0.471. The van der Waals surface area contributed by atoms with Crippen molar-refractivity contribution in [1.82, 2.24) is 20.5 Å². The number of amides is 4. The molecule has 0 aliphatic rings. The monoisotopic (exact) mass is 413 g/mol. The lowest BCUT2D eigenvalue weighted by Gasteiger charge is -2.23. The molecule has 4 amide bonds.